The Morgan fingerprint density at radius 1 is 1.26 bits per heavy atom. The van der Waals surface area contributed by atoms with Crippen molar-refractivity contribution in [2.24, 2.45) is 10.8 Å². The Bertz CT molecular complexity index is 872. The predicted octanol–water partition coefficient (Wildman–Crippen LogP) is 3.50. The summed E-state index contributed by atoms with van der Waals surface area (Å²) >= 11 is 0. The fraction of sp³-hybridized carbons (Fsp3) is 0.300. The molecule has 1 aliphatic rings. The van der Waals surface area contributed by atoms with Crippen molar-refractivity contribution in [1.29, 1.82) is 0 Å². The van der Waals surface area contributed by atoms with Crippen LogP contribution in [0.2, 0.25) is 0 Å². The van der Waals surface area contributed by atoms with Gasteiger partial charge in [-0.05, 0) is 23.8 Å². The second kappa shape index (κ2) is 7.52. The molecule has 0 radical (unpaired) electrons. The summed E-state index contributed by atoms with van der Waals surface area (Å²) in [5, 5.41) is 5.43. The maximum absolute atomic E-state index is 14.4. The second-order valence-electron chi connectivity index (χ2n) is 6.61. The van der Waals surface area contributed by atoms with E-state index in [0.717, 1.165) is 18.2 Å². The van der Waals surface area contributed by atoms with E-state index in [0.29, 0.717) is 5.56 Å². The van der Waals surface area contributed by atoms with E-state index in [9.17, 15) is 18.0 Å². The van der Waals surface area contributed by atoms with Gasteiger partial charge in [0.2, 0.25) is 5.91 Å². The highest BCUT2D eigenvalue weighted by molar-refractivity contribution is 6.04. The van der Waals surface area contributed by atoms with Gasteiger partial charge in [0.25, 0.3) is 0 Å². The standard InChI is InChI=1S/C20H20F3N3O/c1-13(27)26-20(10-16(22)12-24,14-5-3-2-4-6-14)11-19(25-26)17-9-15(21)7-8-18(17)23/h2-9,16H,10-12,24H2,1H3/t16-,20+/m1/s1. The summed E-state index contributed by atoms with van der Waals surface area (Å²) in [6.45, 7) is 1.09. The highest BCUT2D eigenvalue weighted by atomic mass is 19.1. The number of nitrogens with two attached hydrogens (primary N) is 1. The minimum absolute atomic E-state index is 0.0396. The molecule has 0 aromatic heterocycles. The van der Waals surface area contributed by atoms with E-state index < -0.39 is 29.3 Å². The summed E-state index contributed by atoms with van der Waals surface area (Å²) in [4.78, 5) is 12.3. The minimum atomic E-state index is -1.39. The van der Waals surface area contributed by atoms with Gasteiger partial charge < -0.3 is 5.73 Å². The molecule has 1 amide bonds. The molecule has 4 nitrogen and oxygen atoms in total. The average molecular weight is 375 g/mol. The number of benzene rings is 2. The number of hydrazone groups is 1. The number of amides is 1. The van der Waals surface area contributed by atoms with E-state index in [1.165, 1.54) is 11.9 Å². The van der Waals surface area contributed by atoms with Crippen LogP contribution in [0, 0.1) is 11.6 Å². The topological polar surface area (TPSA) is 58.7 Å². The normalized spacial score (nSPS) is 20.5. The molecule has 0 aliphatic carbocycles. The van der Waals surface area contributed by atoms with Gasteiger partial charge >= 0.3 is 0 Å². The molecule has 2 aromatic carbocycles. The fourth-order valence-electron chi connectivity index (χ4n) is 3.54. The lowest BCUT2D eigenvalue weighted by molar-refractivity contribution is -0.135. The largest absolute Gasteiger partial charge is 0.328 e. The van der Waals surface area contributed by atoms with Crippen molar-refractivity contribution < 1.29 is 18.0 Å². The maximum Gasteiger partial charge on any atom is 0.240 e. The first-order valence-electron chi connectivity index (χ1n) is 8.61. The number of alkyl halides is 1. The van der Waals surface area contributed by atoms with Gasteiger partial charge in [-0.1, -0.05) is 30.3 Å². The van der Waals surface area contributed by atoms with Crippen LogP contribution in [-0.4, -0.2) is 29.3 Å². The van der Waals surface area contributed by atoms with Gasteiger partial charge in [-0.15, -0.1) is 0 Å². The molecule has 2 atom stereocenters. The van der Waals surface area contributed by atoms with Gasteiger partial charge in [0.1, 0.15) is 17.8 Å². The molecule has 0 bridgehead atoms. The molecule has 0 spiro atoms. The Morgan fingerprint density at radius 3 is 2.59 bits per heavy atom. The molecule has 7 heteroatoms. The molecular weight excluding hydrogens is 355 g/mol. The van der Waals surface area contributed by atoms with Gasteiger partial charge in [0.15, 0.2) is 0 Å². The zero-order valence-corrected chi connectivity index (χ0v) is 14.8. The third-order valence-electron chi connectivity index (χ3n) is 4.75. The number of halogens is 3. The quantitative estimate of drug-likeness (QED) is 0.870. The Morgan fingerprint density at radius 2 is 1.96 bits per heavy atom. The molecule has 27 heavy (non-hydrogen) atoms. The van der Waals surface area contributed by atoms with Crippen molar-refractivity contribution in [1.82, 2.24) is 5.01 Å². The smallest absolute Gasteiger partial charge is 0.240 e. The third kappa shape index (κ3) is 3.60. The number of carbonyl (C=O) groups excluding carboxylic acids is 1. The average Bonchev–Trinajstić information content (AvgIpc) is 3.05. The first kappa shape index (κ1) is 19.1. The van der Waals surface area contributed by atoms with Gasteiger partial charge in [-0.3, -0.25) is 4.79 Å². The van der Waals surface area contributed by atoms with E-state index in [4.69, 9.17) is 5.73 Å². The van der Waals surface area contributed by atoms with Crippen LogP contribution in [0.1, 0.15) is 30.9 Å². The lowest BCUT2D eigenvalue weighted by Gasteiger charge is -2.37. The number of rotatable bonds is 5. The molecule has 142 valence electrons. The van der Waals surface area contributed by atoms with E-state index in [2.05, 4.69) is 5.10 Å². The van der Waals surface area contributed by atoms with Gasteiger partial charge in [-0.25, -0.2) is 18.2 Å². The van der Waals surface area contributed by atoms with Gasteiger partial charge in [-0.2, -0.15) is 5.10 Å². The van der Waals surface area contributed by atoms with Crippen LogP contribution in [0.4, 0.5) is 13.2 Å². The van der Waals surface area contributed by atoms with Gasteiger partial charge in [0, 0.05) is 31.9 Å². The van der Waals surface area contributed by atoms with E-state index in [1.807, 2.05) is 0 Å². The van der Waals surface area contributed by atoms with Crippen LogP contribution in [0.25, 0.3) is 0 Å². The molecule has 3 rings (SSSR count). The van der Waals surface area contributed by atoms with Crippen molar-refractivity contribution in [2.75, 3.05) is 6.54 Å². The Hall–Kier alpha value is -2.67. The molecule has 0 fully saturated rings. The number of hydrogen-bond acceptors (Lipinski definition) is 3. The number of hydrogen-bond donors (Lipinski definition) is 1. The van der Waals surface area contributed by atoms with Crippen LogP contribution in [-0.2, 0) is 10.3 Å². The first-order chi connectivity index (χ1) is 12.9. The number of carbonyl (C=O) groups is 1. The number of nitrogens with zero attached hydrogens (tertiary/aromatic N) is 2. The van der Waals surface area contributed by atoms with Crippen molar-refractivity contribution >= 4 is 11.6 Å². The van der Waals surface area contributed by atoms with E-state index in [-0.39, 0.29) is 30.7 Å². The summed E-state index contributed by atoms with van der Waals surface area (Å²) in [7, 11) is 0. The van der Waals surface area contributed by atoms with Gasteiger partial charge in [0.05, 0.1) is 11.3 Å². The Balaban J connectivity index is 2.13. The second-order valence-corrected chi connectivity index (χ2v) is 6.61. The summed E-state index contributed by atoms with van der Waals surface area (Å²) in [6, 6.07) is 11.9. The minimum Gasteiger partial charge on any atom is -0.328 e. The van der Waals surface area contributed by atoms with Crippen LogP contribution in [0.3, 0.4) is 0 Å². The Labute approximate surface area is 155 Å². The zero-order chi connectivity index (χ0) is 19.6. The Kier molecular flexibility index (Phi) is 5.32. The summed E-state index contributed by atoms with van der Waals surface area (Å²) in [5.41, 5.74) is 5.13. The molecular formula is C20H20F3N3O. The van der Waals surface area contributed by atoms with Crippen molar-refractivity contribution in [3.8, 4) is 0 Å². The first-order valence-corrected chi connectivity index (χ1v) is 8.61. The molecule has 2 N–H and O–H groups in total. The molecule has 0 unspecified atom stereocenters. The molecule has 1 aliphatic heterocycles. The summed E-state index contributed by atoms with van der Waals surface area (Å²) in [6.07, 6.45) is -1.44. The van der Waals surface area contributed by atoms with Crippen LogP contribution >= 0.6 is 0 Å². The summed E-state index contributed by atoms with van der Waals surface area (Å²) < 4.78 is 42.3. The highest BCUT2D eigenvalue weighted by Crippen LogP contribution is 2.43. The van der Waals surface area contributed by atoms with Crippen LogP contribution in [0.15, 0.2) is 53.6 Å². The van der Waals surface area contributed by atoms with Crippen molar-refractivity contribution in [2.45, 2.75) is 31.5 Å². The molecule has 0 saturated heterocycles. The monoisotopic (exact) mass is 375 g/mol. The van der Waals surface area contributed by atoms with E-state index >= 15 is 0 Å². The molecule has 1 heterocycles. The zero-order valence-electron chi connectivity index (χ0n) is 14.8. The third-order valence-corrected chi connectivity index (χ3v) is 4.75. The SMILES string of the molecule is CC(=O)N1N=C(c2cc(F)ccc2F)C[C@@]1(C[C@@H](F)CN)c1ccccc1. The van der Waals surface area contributed by atoms with Crippen LogP contribution in [0.5, 0.6) is 0 Å². The lowest BCUT2D eigenvalue weighted by Crippen LogP contribution is -2.45. The van der Waals surface area contributed by atoms with Crippen LogP contribution < -0.4 is 5.73 Å². The highest BCUT2D eigenvalue weighted by Gasteiger charge is 2.48. The van der Waals surface area contributed by atoms with Crippen molar-refractivity contribution in [3.05, 3.63) is 71.3 Å². The fourth-order valence-corrected chi connectivity index (χ4v) is 3.54. The van der Waals surface area contributed by atoms with Crippen molar-refractivity contribution in [3.63, 3.8) is 0 Å². The maximum atomic E-state index is 14.4. The predicted molar refractivity (Wildman–Crippen MR) is 96.7 cm³/mol. The molecule has 2 aromatic rings. The summed E-state index contributed by atoms with van der Waals surface area (Å²) in [5.74, 6) is -1.70. The molecule has 0 saturated carbocycles. The van der Waals surface area contributed by atoms with E-state index in [1.54, 1.807) is 30.3 Å². The lowest BCUT2D eigenvalue weighted by atomic mass is 9.79.